The minimum absolute atomic E-state index is 0.0119. The van der Waals surface area contributed by atoms with Gasteiger partial charge in [0, 0.05) is 32.2 Å². The fourth-order valence-electron chi connectivity index (χ4n) is 3.22. The molecule has 0 saturated carbocycles. The lowest BCUT2D eigenvalue weighted by molar-refractivity contribution is -0.142. The average Bonchev–Trinajstić information content (AvgIpc) is 2.80. The summed E-state index contributed by atoms with van der Waals surface area (Å²) in [6.45, 7) is 4.35. The molecule has 6 heteroatoms. The van der Waals surface area contributed by atoms with E-state index in [0.29, 0.717) is 19.1 Å². The molecule has 2 atom stereocenters. The summed E-state index contributed by atoms with van der Waals surface area (Å²) in [6, 6.07) is 0.557. The van der Waals surface area contributed by atoms with E-state index in [0.717, 1.165) is 25.9 Å². The van der Waals surface area contributed by atoms with Crippen LogP contribution >= 0.6 is 0 Å². The van der Waals surface area contributed by atoms with Crippen LogP contribution in [0.1, 0.15) is 19.8 Å². The van der Waals surface area contributed by atoms with Crippen molar-refractivity contribution in [2.45, 2.75) is 25.8 Å². The smallest absolute Gasteiger partial charge is 0.320 e. The molecule has 0 unspecified atom stereocenters. The van der Waals surface area contributed by atoms with Crippen molar-refractivity contribution >= 4 is 12.0 Å². The van der Waals surface area contributed by atoms with Crippen molar-refractivity contribution in [1.82, 2.24) is 14.7 Å². The van der Waals surface area contributed by atoms with Crippen LogP contribution in [0, 0.1) is 11.8 Å². The highest BCUT2D eigenvalue weighted by Gasteiger charge is 2.39. The zero-order valence-corrected chi connectivity index (χ0v) is 12.6. The minimum atomic E-state index is -0.792. The van der Waals surface area contributed by atoms with E-state index in [1.807, 2.05) is 11.8 Å². The second kappa shape index (κ2) is 5.99. The monoisotopic (exact) mass is 283 g/mol. The Labute approximate surface area is 120 Å². The summed E-state index contributed by atoms with van der Waals surface area (Å²) in [7, 11) is 4.14. The van der Waals surface area contributed by atoms with Crippen molar-refractivity contribution in [1.29, 1.82) is 0 Å². The highest BCUT2D eigenvalue weighted by Crippen LogP contribution is 2.25. The molecule has 2 heterocycles. The molecule has 0 aromatic rings. The molecule has 2 aliphatic rings. The van der Waals surface area contributed by atoms with E-state index in [-0.39, 0.29) is 11.9 Å². The highest BCUT2D eigenvalue weighted by molar-refractivity contribution is 5.77. The molecule has 2 rings (SSSR count). The zero-order valence-electron chi connectivity index (χ0n) is 12.6. The van der Waals surface area contributed by atoms with Crippen LogP contribution in [0.3, 0.4) is 0 Å². The van der Waals surface area contributed by atoms with Crippen LogP contribution in [-0.4, -0.2) is 78.1 Å². The van der Waals surface area contributed by atoms with Crippen LogP contribution in [0.15, 0.2) is 0 Å². The first-order valence-corrected chi connectivity index (χ1v) is 7.33. The van der Waals surface area contributed by atoms with Crippen molar-refractivity contribution in [3.63, 3.8) is 0 Å². The van der Waals surface area contributed by atoms with Crippen LogP contribution in [-0.2, 0) is 4.79 Å². The van der Waals surface area contributed by atoms with Gasteiger partial charge in [-0.3, -0.25) is 4.79 Å². The average molecular weight is 283 g/mol. The Morgan fingerprint density at radius 2 is 1.70 bits per heavy atom. The van der Waals surface area contributed by atoms with Crippen molar-refractivity contribution < 1.29 is 14.7 Å². The Balaban J connectivity index is 1.89. The Morgan fingerprint density at radius 1 is 1.10 bits per heavy atom. The highest BCUT2D eigenvalue weighted by atomic mass is 16.4. The topological polar surface area (TPSA) is 64.1 Å². The second-order valence-corrected chi connectivity index (χ2v) is 6.29. The van der Waals surface area contributed by atoms with E-state index in [2.05, 4.69) is 19.0 Å². The molecule has 114 valence electrons. The number of rotatable bonds is 2. The van der Waals surface area contributed by atoms with Gasteiger partial charge in [-0.25, -0.2) is 4.79 Å². The number of carbonyl (C=O) groups excluding carboxylic acids is 1. The van der Waals surface area contributed by atoms with Gasteiger partial charge in [-0.15, -0.1) is 0 Å². The first-order chi connectivity index (χ1) is 9.40. The van der Waals surface area contributed by atoms with Crippen LogP contribution < -0.4 is 0 Å². The van der Waals surface area contributed by atoms with Crippen LogP contribution in [0.2, 0.25) is 0 Å². The number of piperidine rings is 1. The van der Waals surface area contributed by atoms with Gasteiger partial charge in [0.15, 0.2) is 0 Å². The predicted octanol–water partition coefficient (Wildman–Crippen LogP) is 0.785. The molecule has 0 spiro atoms. The van der Waals surface area contributed by atoms with Gasteiger partial charge >= 0.3 is 12.0 Å². The fraction of sp³-hybridized carbons (Fsp3) is 0.857. The standard InChI is InChI=1S/C14H25N3O3/c1-10-8-17(9-12(10)13(18)19)14(20)16-6-4-11(5-7-16)15(2)3/h10-12H,4-9H2,1-3H3,(H,18,19)/t10-,12-/m1/s1. The van der Waals surface area contributed by atoms with Crippen LogP contribution in [0.5, 0.6) is 0 Å². The molecule has 0 aliphatic carbocycles. The summed E-state index contributed by atoms with van der Waals surface area (Å²) in [5, 5.41) is 9.13. The number of hydrogen-bond acceptors (Lipinski definition) is 3. The summed E-state index contributed by atoms with van der Waals surface area (Å²) in [5.74, 6) is -1.17. The summed E-state index contributed by atoms with van der Waals surface area (Å²) < 4.78 is 0. The van der Waals surface area contributed by atoms with Gasteiger partial charge in [0.2, 0.25) is 0 Å². The number of carboxylic acids is 1. The number of hydrogen-bond donors (Lipinski definition) is 1. The van der Waals surface area contributed by atoms with Gasteiger partial charge in [-0.05, 0) is 32.9 Å². The molecule has 2 aliphatic heterocycles. The molecule has 0 bridgehead atoms. The third kappa shape index (κ3) is 3.06. The first-order valence-electron chi connectivity index (χ1n) is 7.33. The molecule has 2 saturated heterocycles. The lowest BCUT2D eigenvalue weighted by atomic mass is 9.99. The zero-order chi connectivity index (χ0) is 14.9. The third-order valence-electron chi connectivity index (χ3n) is 4.67. The van der Waals surface area contributed by atoms with Gasteiger partial charge in [-0.2, -0.15) is 0 Å². The number of amides is 2. The van der Waals surface area contributed by atoms with Crippen molar-refractivity contribution in [3.8, 4) is 0 Å². The largest absolute Gasteiger partial charge is 0.481 e. The van der Waals surface area contributed by atoms with Gasteiger partial charge in [0.25, 0.3) is 0 Å². The lowest BCUT2D eigenvalue weighted by Crippen LogP contribution is -2.49. The number of aliphatic carboxylic acids is 1. The quantitative estimate of drug-likeness (QED) is 0.813. The number of carbonyl (C=O) groups is 2. The number of nitrogens with zero attached hydrogens (tertiary/aromatic N) is 3. The number of likely N-dealkylation sites (tertiary alicyclic amines) is 2. The molecular weight excluding hydrogens is 258 g/mol. The summed E-state index contributed by atoms with van der Waals surface area (Å²) >= 11 is 0. The summed E-state index contributed by atoms with van der Waals surface area (Å²) in [4.78, 5) is 29.3. The van der Waals surface area contributed by atoms with Crippen LogP contribution in [0.4, 0.5) is 4.79 Å². The molecule has 0 radical (unpaired) electrons. The van der Waals surface area contributed by atoms with Gasteiger partial charge in [0.1, 0.15) is 0 Å². The maximum atomic E-state index is 12.4. The van der Waals surface area contributed by atoms with Crippen LogP contribution in [0.25, 0.3) is 0 Å². The van der Waals surface area contributed by atoms with Crippen molar-refractivity contribution in [2.24, 2.45) is 11.8 Å². The molecule has 6 nitrogen and oxygen atoms in total. The SMILES string of the molecule is C[C@@H]1CN(C(=O)N2CCC(N(C)C)CC2)C[C@H]1C(=O)O. The Kier molecular flexibility index (Phi) is 4.52. The lowest BCUT2D eigenvalue weighted by Gasteiger charge is -2.37. The van der Waals surface area contributed by atoms with E-state index < -0.39 is 11.9 Å². The molecule has 20 heavy (non-hydrogen) atoms. The molecular formula is C14H25N3O3. The maximum absolute atomic E-state index is 12.4. The van der Waals surface area contributed by atoms with Crippen molar-refractivity contribution in [3.05, 3.63) is 0 Å². The minimum Gasteiger partial charge on any atom is -0.481 e. The molecule has 1 N–H and O–H groups in total. The number of carboxylic acid groups (broad SMARTS) is 1. The predicted molar refractivity (Wildman–Crippen MR) is 75.5 cm³/mol. The molecule has 2 fully saturated rings. The van der Waals surface area contributed by atoms with Gasteiger partial charge < -0.3 is 19.8 Å². The Bertz CT molecular complexity index is 378. The van der Waals surface area contributed by atoms with Gasteiger partial charge in [-0.1, -0.05) is 6.92 Å². The third-order valence-corrected chi connectivity index (χ3v) is 4.67. The maximum Gasteiger partial charge on any atom is 0.320 e. The first kappa shape index (κ1) is 15.1. The van der Waals surface area contributed by atoms with E-state index in [1.165, 1.54) is 0 Å². The normalized spacial score (nSPS) is 28.2. The van der Waals surface area contributed by atoms with E-state index in [4.69, 9.17) is 5.11 Å². The second-order valence-electron chi connectivity index (χ2n) is 6.29. The van der Waals surface area contributed by atoms with E-state index >= 15 is 0 Å². The molecule has 0 aromatic carbocycles. The van der Waals surface area contributed by atoms with E-state index in [1.54, 1.807) is 4.90 Å². The Morgan fingerprint density at radius 3 is 2.15 bits per heavy atom. The summed E-state index contributed by atoms with van der Waals surface area (Å²) in [5.41, 5.74) is 0. The number of urea groups is 1. The molecule has 0 aromatic heterocycles. The van der Waals surface area contributed by atoms with E-state index in [9.17, 15) is 9.59 Å². The summed E-state index contributed by atoms with van der Waals surface area (Å²) in [6.07, 6.45) is 1.98. The fourth-order valence-corrected chi connectivity index (χ4v) is 3.22. The Hall–Kier alpha value is -1.30. The molecule has 2 amide bonds. The van der Waals surface area contributed by atoms with Crippen molar-refractivity contribution in [2.75, 3.05) is 40.3 Å². The van der Waals surface area contributed by atoms with Gasteiger partial charge in [0.05, 0.1) is 5.92 Å².